The van der Waals surface area contributed by atoms with E-state index in [9.17, 15) is 19.8 Å². The van der Waals surface area contributed by atoms with Gasteiger partial charge in [-0.15, -0.1) is 0 Å². The lowest BCUT2D eigenvalue weighted by molar-refractivity contribution is -0.156. The van der Waals surface area contributed by atoms with Gasteiger partial charge in [-0.3, -0.25) is 9.69 Å². The molecule has 104 valence electrons. The minimum atomic E-state index is -1.10. The SMILES string of the molecule is C[C@@H](O)C1C(=O)N2C(C(=O)O)=C([C@H]3CCCO3)SC12. The molecule has 0 aliphatic carbocycles. The summed E-state index contributed by atoms with van der Waals surface area (Å²) in [6, 6.07) is 0. The number of carboxylic acids is 1. The number of carbonyl (C=O) groups is 2. The van der Waals surface area contributed by atoms with E-state index in [0.717, 1.165) is 12.8 Å². The molecule has 0 saturated carbocycles. The summed E-state index contributed by atoms with van der Waals surface area (Å²) in [5.41, 5.74) is 0.0452. The highest BCUT2D eigenvalue weighted by molar-refractivity contribution is 8.04. The molecule has 0 spiro atoms. The van der Waals surface area contributed by atoms with E-state index in [2.05, 4.69) is 0 Å². The van der Waals surface area contributed by atoms with Crippen LogP contribution in [0.25, 0.3) is 0 Å². The van der Waals surface area contributed by atoms with Crippen molar-refractivity contribution in [3.8, 4) is 0 Å². The van der Waals surface area contributed by atoms with Gasteiger partial charge in [0.05, 0.1) is 18.1 Å². The first-order valence-corrected chi connectivity index (χ1v) is 7.17. The van der Waals surface area contributed by atoms with Crippen molar-refractivity contribution in [2.45, 2.75) is 37.3 Å². The van der Waals surface area contributed by atoms with Crippen LogP contribution < -0.4 is 0 Å². The zero-order valence-corrected chi connectivity index (χ0v) is 11.2. The van der Waals surface area contributed by atoms with Crippen LogP contribution in [-0.4, -0.2) is 51.2 Å². The van der Waals surface area contributed by atoms with Crippen LogP contribution in [0.5, 0.6) is 0 Å². The second-order valence-electron chi connectivity index (χ2n) is 5.00. The molecule has 6 nitrogen and oxygen atoms in total. The van der Waals surface area contributed by atoms with E-state index >= 15 is 0 Å². The summed E-state index contributed by atoms with van der Waals surface area (Å²) in [6.07, 6.45) is 0.706. The largest absolute Gasteiger partial charge is 0.477 e. The van der Waals surface area contributed by atoms with Crippen molar-refractivity contribution in [3.05, 3.63) is 10.6 Å². The summed E-state index contributed by atoms with van der Waals surface area (Å²) in [5, 5.41) is 18.6. The Bertz CT molecular complexity index is 469. The number of thioether (sulfide) groups is 1. The van der Waals surface area contributed by atoms with Gasteiger partial charge in [0, 0.05) is 11.5 Å². The maximum absolute atomic E-state index is 12.0. The Kier molecular flexibility index (Phi) is 3.07. The van der Waals surface area contributed by atoms with Crippen molar-refractivity contribution >= 4 is 23.6 Å². The number of carbonyl (C=O) groups excluding carboxylic acids is 1. The van der Waals surface area contributed by atoms with E-state index in [4.69, 9.17) is 4.74 Å². The first-order valence-electron chi connectivity index (χ1n) is 6.29. The average Bonchev–Trinajstić information content (AvgIpc) is 2.92. The molecule has 3 aliphatic heterocycles. The number of aliphatic carboxylic acids is 1. The molecule has 0 aromatic carbocycles. The van der Waals surface area contributed by atoms with Crippen molar-refractivity contribution in [1.82, 2.24) is 4.90 Å². The monoisotopic (exact) mass is 285 g/mol. The van der Waals surface area contributed by atoms with Crippen LogP contribution in [0.15, 0.2) is 10.6 Å². The highest BCUT2D eigenvalue weighted by Gasteiger charge is 2.58. The van der Waals surface area contributed by atoms with Crippen LogP contribution in [-0.2, 0) is 14.3 Å². The van der Waals surface area contributed by atoms with Crippen LogP contribution >= 0.6 is 11.8 Å². The van der Waals surface area contributed by atoms with Crippen LogP contribution in [0.2, 0.25) is 0 Å². The Morgan fingerprint density at radius 2 is 2.32 bits per heavy atom. The number of amides is 1. The third-order valence-electron chi connectivity index (χ3n) is 3.75. The van der Waals surface area contributed by atoms with Gasteiger partial charge in [-0.2, -0.15) is 0 Å². The van der Waals surface area contributed by atoms with E-state index in [1.165, 1.54) is 16.7 Å². The Labute approximate surface area is 114 Å². The Morgan fingerprint density at radius 3 is 2.84 bits per heavy atom. The number of β-lactam (4-membered cyclic amide) rings is 1. The normalized spacial score (nSPS) is 35.4. The second kappa shape index (κ2) is 4.50. The standard InChI is InChI=1S/C12H15NO5S/c1-5(14)7-10(15)13-8(12(16)17)9(19-11(7)13)6-3-2-4-18-6/h5-7,11,14H,2-4H2,1H3,(H,16,17)/t5-,6-,7?,11?/m1/s1. The third kappa shape index (κ3) is 1.79. The number of hydrogen-bond donors (Lipinski definition) is 2. The minimum absolute atomic E-state index is 0.0452. The molecule has 2 unspecified atom stereocenters. The quantitative estimate of drug-likeness (QED) is 0.729. The Hall–Kier alpha value is -1.05. The number of carboxylic acid groups (broad SMARTS) is 1. The molecule has 4 atom stereocenters. The first-order chi connectivity index (χ1) is 9.02. The molecule has 0 aromatic heterocycles. The minimum Gasteiger partial charge on any atom is -0.477 e. The molecule has 3 aliphatic rings. The van der Waals surface area contributed by atoms with Crippen LogP contribution in [0.1, 0.15) is 19.8 Å². The fourth-order valence-corrected chi connectivity index (χ4v) is 4.52. The molecule has 1 amide bonds. The van der Waals surface area contributed by atoms with Crippen LogP contribution in [0.3, 0.4) is 0 Å². The maximum Gasteiger partial charge on any atom is 0.353 e. The zero-order chi connectivity index (χ0) is 13.7. The number of hydrogen-bond acceptors (Lipinski definition) is 5. The summed E-state index contributed by atoms with van der Waals surface area (Å²) in [4.78, 5) is 25.3. The molecule has 3 heterocycles. The van der Waals surface area contributed by atoms with E-state index < -0.39 is 18.0 Å². The lowest BCUT2D eigenvalue weighted by Gasteiger charge is -2.43. The van der Waals surface area contributed by atoms with Gasteiger partial charge in [0.25, 0.3) is 0 Å². The van der Waals surface area contributed by atoms with E-state index in [0.29, 0.717) is 11.5 Å². The fraction of sp³-hybridized carbons (Fsp3) is 0.667. The van der Waals surface area contributed by atoms with Gasteiger partial charge < -0.3 is 14.9 Å². The number of nitrogens with zero attached hydrogens (tertiary/aromatic N) is 1. The smallest absolute Gasteiger partial charge is 0.353 e. The average molecular weight is 285 g/mol. The van der Waals surface area contributed by atoms with Gasteiger partial charge in [0.15, 0.2) is 0 Å². The third-order valence-corrected chi connectivity index (χ3v) is 5.21. The number of ether oxygens (including phenoxy) is 1. The van der Waals surface area contributed by atoms with Crippen LogP contribution in [0.4, 0.5) is 0 Å². The van der Waals surface area contributed by atoms with Crippen molar-refractivity contribution < 1.29 is 24.5 Å². The molecule has 7 heteroatoms. The van der Waals surface area contributed by atoms with Gasteiger partial charge in [0.2, 0.25) is 5.91 Å². The highest BCUT2D eigenvalue weighted by atomic mass is 32.2. The highest BCUT2D eigenvalue weighted by Crippen LogP contribution is 2.52. The lowest BCUT2D eigenvalue weighted by Crippen LogP contribution is -2.60. The number of rotatable bonds is 3. The molecule has 2 fully saturated rings. The fourth-order valence-electron chi connectivity index (χ4n) is 2.82. The molecule has 0 bridgehead atoms. The van der Waals surface area contributed by atoms with Gasteiger partial charge in [0.1, 0.15) is 11.1 Å². The summed E-state index contributed by atoms with van der Waals surface area (Å²) >= 11 is 1.35. The summed E-state index contributed by atoms with van der Waals surface area (Å²) in [6.45, 7) is 2.19. The topological polar surface area (TPSA) is 87.1 Å². The summed E-state index contributed by atoms with van der Waals surface area (Å²) in [7, 11) is 0. The molecule has 0 radical (unpaired) electrons. The first kappa shape index (κ1) is 13.0. The molecular formula is C12H15NO5S. The number of fused-ring (bicyclic) bond motifs is 1. The molecule has 19 heavy (non-hydrogen) atoms. The van der Waals surface area contributed by atoms with Gasteiger partial charge in [-0.05, 0) is 19.8 Å². The van der Waals surface area contributed by atoms with Gasteiger partial charge >= 0.3 is 5.97 Å². The van der Waals surface area contributed by atoms with Crippen molar-refractivity contribution in [3.63, 3.8) is 0 Å². The molecule has 0 aromatic rings. The van der Waals surface area contributed by atoms with Crippen molar-refractivity contribution in [2.75, 3.05) is 6.61 Å². The Balaban J connectivity index is 1.91. The van der Waals surface area contributed by atoms with E-state index in [1.807, 2.05) is 0 Å². The second-order valence-corrected chi connectivity index (χ2v) is 6.16. The van der Waals surface area contributed by atoms with E-state index in [-0.39, 0.29) is 23.1 Å². The molecular weight excluding hydrogens is 270 g/mol. The number of aliphatic hydroxyl groups excluding tert-OH is 1. The predicted octanol–water partition coefficient (Wildman–Crippen LogP) is 0.374. The zero-order valence-electron chi connectivity index (χ0n) is 10.4. The number of aliphatic hydroxyl groups is 1. The van der Waals surface area contributed by atoms with E-state index in [1.54, 1.807) is 6.92 Å². The summed E-state index contributed by atoms with van der Waals surface area (Å²) < 4.78 is 5.53. The van der Waals surface area contributed by atoms with Crippen LogP contribution in [0, 0.1) is 5.92 Å². The van der Waals surface area contributed by atoms with Crippen molar-refractivity contribution in [1.29, 1.82) is 0 Å². The summed E-state index contributed by atoms with van der Waals surface area (Å²) in [5.74, 6) is -1.92. The van der Waals surface area contributed by atoms with Gasteiger partial charge in [-0.25, -0.2) is 4.79 Å². The molecule has 2 saturated heterocycles. The maximum atomic E-state index is 12.0. The molecule has 3 rings (SSSR count). The lowest BCUT2D eigenvalue weighted by atomic mass is 9.92. The van der Waals surface area contributed by atoms with Crippen molar-refractivity contribution in [2.24, 2.45) is 5.92 Å². The Morgan fingerprint density at radius 1 is 1.58 bits per heavy atom. The van der Waals surface area contributed by atoms with Gasteiger partial charge in [-0.1, -0.05) is 11.8 Å². The molecule has 2 N–H and O–H groups in total. The predicted molar refractivity (Wildman–Crippen MR) is 67.0 cm³/mol.